The monoisotopic (exact) mass is 288 g/mol. The zero-order valence-corrected chi connectivity index (χ0v) is 12.2. The number of quaternary nitrogens is 1. The maximum atomic E-state index is 10.8. The molecule has 2 N–H and O–H groups in total. The van der Waals surface area contributed by atoms with Crippen molar-refractivity contribution < 1.29 is 23.2 Å². The molecule has 6 nitrogen and oxygen atoms in total. The van der Waals surface area contributed by atoms with Gasteiger partial charge < -0.3 is 19.5 Å². The minimum absolute atomic E-state index is 0.298. The SMILES string of the molecule is COc1ccc(C[NH2+]CC[N-]S(C)(=O)=O)cc1OC. The van der Waals surface area contributed by atoms with E-state index in [4.69, 9.17) is 9.47 Å². The van der Waals surface area contributed by atoms with Gasteiger partial charge in [-0.05, 0) is 18.2 Å². The van der Waals surface area contributed by atoms with Crippen LogP contribution in [0.5, 0.6) is 11.5 Å². The molecule has 0 aliphatic rings. The van der Waals surface area contributed by atoms with Gasteiger partial charge in [-0.1, -0.05) is 6.54 Å². The minimum Gasteiger partial charge on any atom is -0.545 e. The van der Waals surface area contributed by atoms with Gasteiger partial charge in [-0.3, -0.25) is 0 Å². The molecule has 0 amide bonds. The molecule has 0 unspecified atom stereocenters. The first-order valence-electron chi connectivity index (χ1n) is 5.87. The third kappa shape index (κ3) is 5.91. The Morgan fingerprint density at radius 1 is 1.21 bits per heavy atom. The molecular formula is C12H20N2O4S. The summed E-state index contributed by atoms with van der Waals surface area (Å²) >= 11 is 0. The normalized spacial score (nSPS) is 11.3. The van der Waals surface area contributed by atoms with Gasteiger partial charge in [0, 0.05) is 11.8 Å². The Morgan fingerprint density at radius 2 is 1.89 bits per heavy atom. The van der Waals surface area contributed by atoms with Crippen LogP contribution in [0.25, 0.3) is 4.72 Å². The van der Waals surface area contributed by atoms with Crippen molar-refractivity contribution in [3.05, 3.63) is 28.5 Å². The van der Waals surface area contributed by atoms with Crippen molar-refractivity contribution in [2.75, 3.05) is 33.6 Å². The van der Waals surface area contributed by atoms with E-state index < -0.39 is 10.0 Å². The van der Waals surface area contributed by atoms with E-state index in [1.807, 2.05) is 23.5 Å². The van der Waals surface area contributed by atoms with Gasteiger partial charge in [0.25, 0.3) is 0 Å². The Labute approximate surface area is 114 Å². The molecule has 0 saturated heterocycles. The second-order valence-electron chi connectivity index (χ2n) is 4.06. The fourth-order valence-electron chi connectivity index (χ4n) is 1.59. The van der Waals surface area contributed by atoms with Gasteiger partial charge in [0.2, 0.25) is 0 Å². The van der Waals surface area contributed by atoms with E-state index in [2.05, 4.69) is 4.72 Å². The average Bonchev–Trinajstić information content (AvgIpc) is 2.36. The lowest BCUT2D eigenvalue weighted by molar-refractivity contribution is -0.667. The van der Waals surface area contributed by atoms with E-state index >= 15 is 0 Å². The van der Waals surface area contributed by atoms with Crippen LogP contribution in [0.2, 0.25) is 0 Å². The zero-order valence-electron chi connectivity index (χ0n) is 11.4. The standard InChI is InChI=1S/C12H19N2O4S/c1-17-11-5-4-10(8-12(11)18-2)9-13-6-7-14-19(3,15)16/h4-5,8,13H,6-7,9H2,1-3H3/q-1/p+1. The zero-order chi connectivity index (χ0) is 14.3. The first-order valence-corrected chi connectivity index (χ1v) is 7.72. The number of nitrogens with two attached hydrogens (primary N) is 1. The minimum atomic E-state index is -3.22. The topological polar surface area (TPSA) is 83.3 Å². The molecule has 0 spiro atoms. The van der Waals surface area contributed by atoms with Gasteiger partial charge in [-0.15, -0.1) is 0 Å². The van der Waals surface area contributed by atoms with Gasteiger partial charge in [0.15, 0.2) is 11.5 Å². The highest BCUT2D eigenvalue weighted by Gasteiger charge is 2.04. The first-order chi connectivity index (χ1) is 8.96. The van der Waals surface area contributed by atoms with E-state index in [1.54, 1.807) is 14.2 Å². The smallest absolute Gasteiger partial charge is 0.161 e. The number of sulfonamides is 1. The largest absolute Gasteiger partial charge is 0.545 e. The van der Waals surface area contributed by atoms with Gasteiger partial charge in [-0.2, -0.15) is 0 Å². The third-order valence-corrected chi connectivity index (χ3v) is 3.14. The predicted octanol–water partition coefficient (Wildman–Crippen LogP) is 0.101. The molecule has 0 bridgehead atoms. The average molecular weight is 288 g/mol. The molecule has 0 atom stereocenters. The summed E-state index contributed by atoms with van der Waals surface area (Å²) in [4.78, 5) is 0. The summed E-state index contributed by atoms with van der Waals surface area (Å²) in [6, 6.07) is 5.71. The van der Waals surface area contributed by atoms with Crippen LogP contribution >= 0.6 is 0 Å². The van der Waals surface area contributed by atoms with Crippen LogP contribution in [-0.2, 0) is 16.6 Å². The van der Waals surface area contributed by atoms with Gasteiger partial charge >= 0.3 is 0 Å². The van der Waals surface area contributed by atoms with Gasteiger partial charge in [0.1, 0.15) is 6.54 Å². The molecule has 0 aliphatic carbocycles. The molecule has 0 aromatic heterocycles. The lowest BCUT2D eigenvalue weighted by Crippen LogP contribution is -2.83. The summed E-state index contributed by atoms with van der Waals surface area (Å²) in [5.74, 6) is 1.38. The maximum absolute atomic E-state index is 10.8. The van der Waals surface area contributed by atoms with Crippen LogP contribution in [-0.4, -0.2) is 42.0 Å². The van der Waals surface area contributed by atoms with Crippen LogP contribution in [0.15, 0.2) is 18.2 Å². The molecule has 108 valence electrons. The highest BCUT2D eigenvalue weighted by Crippen LogP contribution is 2.27. The highest BCUT2D eigenvalue weighted by atomic mass is 32.2. The van der Waals surface area contributed by atoms with Crippen LogP contribution in [0.4, 0.5) is 0 Å². The number of hydrogen-bond acceptors (Lipinski definition) is 4. The highest BCUT2D eigenvalue weighted by molar-refractivity contribution is 7.93. The van der Waals surface area contributed by atoms with Crippen molar-refractivity contribution in [2.24, 2.45) is 0 Å². The lowest BCUT2D eigenvalue weighted by atomic mass is 10.2. The van der Waals surface area contributed by atoms with Crippen molar-refractivity contribution in [1.29, 1.82) is 0 Å². The van der Waals surface area contributed by atoms with Crippen LogP contribution in [0, 0.1) is 0 Å². The molecule has 1 aromatic rings. The summed E-state index contributed by atoms with van der Waals surface area (Å²) in [5, 5.41) is 2.00. The Balaban J connectivity index is 2.41. The van der Waals surface area contributed by atoms with Gasteiger partial charge in [-0.25, -0.2) is 8.42 Å². The molecule has 0 fully saturated rings. The van der Waals surface area contributed by atoms with E-state index in [0.717, 1.165) is 18.4 Å². The fourth-order valence-corrected chi connectivity index (χ4v) is 2.02. The number of nitrogens with zero attached hydrogens (tertiary/aromatic N) is 1. The molecule has 7 heteroatoms. The molecular weight excluding hydrogens is 268 g/mol. The molecule has 0 saturated carbocycles. The summed E-state index contributed by atoms with van der Waals surface area (Å²) in [6.07, 6.45) is 1.10. The number of ether oxygens (including phenoxy) is 2. The Hall–Kier alpha value is -1.31. The Bertz CT molecular complexity index is 502. The third-order valence-electron chi connectivity index (χ3n) is 2.49. The van der Waals surface area contributed by atoms with E-state index in [-0.39, 0.29) is 0 Å². The van der Waals surface area contributed by atoms with Crippen molar-refractivity contribution in [3.8, 4) is 11.5 Å². The molecule has 0 aliphatic heterocycles. The second kappa shape index (κ2) is 7.32. The Kier molecular flexibility index (Phi) is 6.07. The van der Waals surface area contributed by atoms with E-state index in [9.17, 15) is 8.42 Å². The van der Waals surface area contributed by atoms with Crippen molar-refractivity contribution >= 4 is 10.0 Å². The first kappa shape index (κ1) is 15.7. The second-order valence-corrected chi connectivity index (χ2v) is 5.78. The maximum Gasteiger partial charge on any atom is 0.161 e. The molecule has 19 heavy (non-hydrogen) atoms. The number of benzene rings is 1. The van der Waals surface area contributed by atoms with E-state index in [0.29, 0.717) is 24.6 Å². The summed E-state index contributed by atoms with van der Waals surface area (Å²) < 4.78 is 35.5. The van der Waals surface area contributed by atoms with Crippen LogP contribution < -0.4 is 14.8 Å². The molecule has 1 rings (SSSR count). The quantitative estimate of drug-likeness (QED) is 0.688. The van der Waals surface area contributed by atoms with Gasteiger partial charge in [0.05, 0.1) is 30.8 Å². The van der Waals surface area contributed by atoms with Crippen LogP contribution in [0.3, 0.4) is 0 Å². The lowest BCUT2D eigenvalue weighted by Gasteiger charge is -2.14. The number of methoxy groups -OCH3 is 2. The summed E-state index contributed by atoms with van der Waals surface area (Å²) in [6.45, 7) is 1.66. The van der Waals surface area contributed by atoms with Crippen molar-refractivity contribution in [3.63, 3.8) is 0 Å². The summed E-state index contributed by atoms with van der Waals surface area (Å²) in [7, 11) is -0.0333. The molecule has 0 heterocycles. The molecule has 1 aromatic carbocycles. The number of hydrogen-bond donors (Lipinski definition) is 1. The summed E-state index contributed by atoms with van der Waals surface area (Å²) in [5.41, 5.74) is 1.08. The van der Waals surface area contributed by atoms with Crippen molar-refractivity contribution in [2.45, 2.75) is 6.54 Å². The Morgan fingerprint density at radius 3 is 2.47 bits per heavy atom. The fraction of sp³-hybridized carbons (Fsp3) is 0.500. The van der Waals surface area contributed by atoms with Crippen molar-refractivity contribution in [1.82, 2.24) is 0 Å². The van der Waals surface area contributed by atoms with Crippen LogP contribution in [0.1, 0.15) is 5.56 Å². The number of rotatable bonds is 8. The predicted molar refractivity (Wildman–Crippen MR) is 73.1 cm³/mol. The molecule has 0 radical (unpaired) electrons. The van der Waals surface area contributed by atoms with E-state index in [1.165, 1.54) is 0 Å².